The lowest BCUT2D eigenvalue weighted by molar-refractivity contribution is 0.183. The van der Waals surface area contributed by atoms with Gasteiger partial charge < -0.3 is 10.1 Å². The summed E-state index contributed by atoms with van der Waals surface area (Å²) in [4.78, 5) is 0. The van der Waals surface area contributed by atoms with Gasteiger partial charge in [0.1, 0.15) is 0 Å². The number of aryl methyl sites for hydroxylation is 1. The van der Waals surface area contributed by atoms with E-state index in [0.29, 0.717) is 6.04 Å². The lowest BCUT2D eigenvalue weighted by Crippen LogP contribution is -2.23. The molecule has 1 unspecified atom stereocenters. The minimum atomic E-state index is 0.407. The Hall–Kier alpha value is -0.860. The topological polar surface area (TPSA) is 21.3 Å². The van der Waals surface area contributed by atoms with Gasteiger partial charge in [-0.3, -0.25) is 0 Å². The van der Waals surface area contributed by atoms with Crippen molar-refractivity contribution in [1.82, 2.24) is 5.32 Å². The Bertz CT molecular complexity index is 323. The molecule has 0 bridgehead atoms. The largest absolute Gasteiger partial charge is 0.385 e. The van der Waals surface area contributed by atoms with Gasteiger partial charge in [-0.2, -0.15) is 0 Å². The standard InChI is InChI=1S/C14H23NO/c1-5-15-14(9-10-16-4)13-8-6-7-11(2)12(13)3/h6-8,14-15H,5,9-10H2,1-4H3. The van der Waals surface area contributed by atoms with Crippen molar-refractivity contribution in [1.29, 1.82) is 0 Å². The maximum Gasteiger partial charge on any atom is 0.0480 e. The molecule has 1 aromatic carbocycles. The second-order valence-electron chi connectivity index (χ2n) is 4.18. The Labute approximate surface area is 99.0 Å². The molecule has 2 nitrogen and oxygen atoms in total. The highest BCUT2D eigenvalue weighted by Gasteiger charge is 2.12. The van der Waals surface area contributed by atoms with Crippen LogP contribution in [0.4, 0.5) is 0 Å². The van der Waals surface area contributed by atoms with Crippen LogP contribution in [0.2, 0.25) is 0 Å². The Kier molecular flexibility index (Phi) is 5.50. The van der Waals surface area contributed by atoms with Crippen LogP contribution in [0.1, 0.15) is 36.1 Å². The van der Waals surface area contributed by atoms with Crippen molar-refractivity contribution in [2.75, 3.05) is 20.3 Å². The lowest BCUT2D eigenvalue weighted by Gasteiger charge is -2.21. The molecule has 0 saturated carbocycles. The lowest BCUT2D eigenvalue weighted by atomic mass is 9.96. The summed E-state index contributed by atoms with van der Waals surface area (Å²) in [6, 6.07) is 6.92. The van der Waals surface area contributed by atoms with Crippen molar-refractivity contribution < 1.29 is 4.74 Å². The van der Waals surface area contributed by atoms with Crippen LogP contribution in [0.3, 0.4) is 0 Å². The van der Waals surface area contributed by atoms with Gasteiger partial charge in [-0.1, -0.05) is 25.1 Å². The SMILES string of the molecule is CCNC(CCOC)c1cccc(C)c1C. The van der Waals surface area contributed by atoms with Gasteiger partial charge in [0.15, 0.2) is 0 Å². The zero-order valence-corrected chi connectivity index (χ0v) is 10.8. The Morgan fingerprint density at radius 3 is 2.69 bits per heavy atom. The van der Waals surface area contributed by atoms with E-state index in [-0.39, 0.29) is 0 Å². The van der Waals surface area contributed by atoms with E-state index in [2.05, 4.69) is 44.3 Å². The molecule has 0 spiro atoms. The van der Waals surface area contributed by atoms with Gasteiger partial charge in [0.25, 0.3) is 0 Å². The van der Waals surface area contributed by atoms with Gasteiger partial charge in [-0.25, -0.2) is 0 Å². The first-order chi connectivity index (χ1) is 7.70. The number of benzene rings is 1. The Morgan fingerprint density at radius 2 is 2.06 bits per heavy atom. The summed E-state index contributed by atoms with van der Waals surface area (Å²) in [5.74, 6) is 0. The first-order valence-corrected chi connectivity index (χ1v) is 5.99. The van der Waals surface area contributed by atoms with Crippen LogP contribution in [-0.4, -0.2) is 20.3 Å². The van der Waals surface area contributed by atoms with E-state index in [0.717, 1.165) is 19.6 Å². The highest BCUT2D eigenvalue weighted by molar-refractivity contribution is 5.35. The van der Waals surface area contributed by atoms with Gasteiger partial charge in [0.05, 0.1) is 0 Å². The van der Waals surface area contributed by atoms with Gasteiger partial charge in [-0.05, 0) is 43.5 Å². The minimum absolute atomic E-state index is 0.407. The highest BCUT2D eigenvalue weighted by atomic mass is 16.5. The Balaban J connectivity index is 2.86. The molecule has 2 heteroatoms. The van der Waals surface area contributed by atoms with Crippen LogP contribution in [0, 0.1) is 13.8 Å². The molecule has 0 aliphatic heterocycles. The molecule has 90 valence electrons. The number of methoxy groups -OCH3 is 1. The molecule has 1 aromatic rings. The molecule has 0 aromatic heterocycles. The van der Waals surface area contributed by atoms with Crippen molar-refractivity contribution in [3.63, 3.8) is 0 Å². The summed E-state index contributed by atoms with van der Waals surface area (Å²) in [6.07, 6.45) is 1.02. The molecule has 16 heavy (non-hydrogen) atoms. The van der Waals surface area contributed by atoms with Crippen LogP contribution in [-0.2, 0) is 4.74 Å². The monoisotopic (exact) mass is 221 g/mol. The minimum Gasteiger partial charge on any atom is -0.385 e. The van der Waals surface area contributed by atoms with E-state index in [1.54, 1.807) is 7.11 Å². The fourth-order valence-corrected chi connectivity index (χ4v) is 2.00. The summed E-state index contributed by atoms with van der Waals surface area (Å²) in [6.45, 7) is 8.29. The van der Waals surface area contributed by atoms with Crippen LogP contribution in [0.5, 0.6) is 0 Å². The van der Waals surface area contributed by atoms with Crippen molar-refractivity contribution in [3.8, 4) is 0 Å². The number of rotatable bonds is 6. The third-order valence-corrected chi connectivity index (χ3v) is 3.08. The summed E-state index contributed by atoms with van der Waals surface area (Å²) >= 11 is 0. The second kappa shape index (κ2) is 6.66. The zero-order chi connectivity index (χ0) is 12.0. The third kappa shape index (κ3) is 3.32. The van der Waals surface area contributed by atoms with Crippen LogP contribution in [0.15, 0.2) is 18.2 Å². The smallest absolute Gasteiger partial charge is 0.0480 e. The molecule has 0 radical (unpaired) electrons. The second-order valence-corrected chi connectivity index (χ2v) is 4.18. The van der Waals surface area contributed by atoms with E-state index in [4.69, 9.17) is 4.74 Å². The Morgan fingerprint density at radius 1 is 1.31 bits per heavy atom. The summed E-state index contributed by atoms with van der Waals surface area (Å²) < 4.78 is 5.17. The number of nitrogens with one attached hydrogen (secondary N) is 1. The molecule has 1 rings (SSSR count). The van der Waals surface area contributed by atoms with Crippen LogP contribution < -0.4 is 5.32 Å². The average Bonchev–Trinajstić information content (AvgIpc) is 2.28. The van der Waals surface area contributed by atoms with E-state index in [1.165, 1.54) is 16.7 Å². The maximum atomic E-state index is 5.17. The first kappa shape index (κ1) is 13.2. The van der Waals surface area contributed by atoms with E-state index in [1.807, 2.05) is 0 Å². The van der Waals surface area contributed by atoms with E-state index < -0.39 is 0 Å². The summed E-state index contributed by atoms with van der Waals surface area (Å²) in [7, 11) is 1.76. The predicted octanol–water partition coefficient (Wildman–Crippen LogP) is 2.99. The van der Waals surface area contributed by atoms with Gasteiger partial charge >= 0.3 is 0 Å². The fraction of sp³-hybridized carbons (Fsp3) is 0.571. The van der Waals surface area contributed by atoms with Crippen molar-refractivity contribution in [3.05, 3.63) is 34.9 Å². The fourth-order valence-electron chi connectivity index (χ4n) is 2.00. The number of ether oxygens (including phenoxy) is 1. The van der Waals surface area contributed by atoms with Crippen molar-refractivity contribution in [2.24, 2.45) is 0 Å². The number of hydrogen-bond acceptors (Lipinski definition) is 2. The van der Waals surface area contributed by atoms with Crippen LogP contribution in [0.25, 0.3) is 0 Å². The molecule has 0 fully saturated rings. The summed E-state index contributed by atoms with van der Waals surface area (Å²) in [5, 5.41) is 3.52. The van der Waals surface area contributed by atoms with Crippen molar-refractivity contribution in [2.45, 2.75) is 33.2 Å². The molecule has 0 heterocycles. The molecule has 0 aliphatic rings. The average molecular weight is 221 g/mol. The molecule has 0 aliphatic carbocycles. The number of hydrogen-bond donors (Lipinski definition) is 1. The van der Waals surface area contributed by atoms with E-state index >= 15 is 0 Å². The maximum absolute atomic E-state index is 5.17. The quantitative estimate of drug-likeness (QED) is 0.797. The molecule has 1 atom stereocenters. The zero-order valence-electron chi connectivity index (χ0n) is 10.8. The van der Waals surface area contributed by atoms with Crippen LogP contribution >= 0.6 is 0 Å². The summed E-state index contributed by atoms with van der Waals surface area (Å²) in [5.41, 5.74) is 4.15. The van der Waals surface area contributed by atoms with Crippen molar-refractivity contribution >= 4 is 0 Å². The molecular formula is C14H23NO. The molecule has 0 saturated heterocycles. The molecule has 0 amide bonds. The molecular weight excluding hydrogens is 198 g/mol. The van der Waals surface area contributed by atoms with Gasteiger partial charge in [-0.15, -0.1) is 0 Å². The van der Waals surface area contributed by atoms with Gasteiger partial charge in [0, 0.05) is 19.8 Å². The normalized spacial score (nSPS) is 12.8. The van der Waals surface area contributed by atoms with Gasteiger partial charge in [0.2, 0.25) is 0 Å². The third-order valence-electron chi connectivity index (χ3n) is 3.08. The first-order valence-electron chi connectivity index (χ1n) is 5.99. The molecule has 1 N–H and O–H groups in total. The van der Waals surface area contributed by atoms with E-state index in [9.17, 15) is 0 Å². The highest BCUT2D eigenvalue weighted by Crippen LogP contribution is 2.22. The predicted molar refractivity (Wildman–Crippen MR) is 68.8 cm³/mol.